The number of hydrazone groups is 1. The van der Waals surface area contributed by atoms with Gasteiger partial charge in [0.25, 0.3) is 5.91 Å². The molecular weight excluding hydrogens is 434 g/mol. The fourth-order valence-electron chi connectivity index (χ4n) is 2.87. The number of nitrogens with one attached hydrogen (secondary N) is 1. The Balaban J connectivity index is 1.87. The molecular formula is C22H23N3O4S2. The second-order valence-electron chi connectivity index (χ2n) is 6.72. The summed E-state index contributed by atoms with van der Waals surface area (Å²) >= 11 is 1.48. The van der Waals surface area contributed by atoms with Crippen LogP contribution in [0.2, 0.25) is 0 Å². The van der Waals surface area contributed by atoms with Crippen LogP contribution in [0.5, 0.6) is 5.75 Å². The molecule has 0 bridgehead atoms. The van der Waals surface area contributed by atoms with E-state index in [0.29, 0.717) is 0 Å². The second-order valence-corrected chi connectivity index (χ2v) is 9.61. The highest BCUT2D eigenvalue weighted by molar-refractivity contribution is 7.89. The first kappa shape index (κ1) is 22.7. The maximum Gasteiger partial charge on any atom is 0.255 e. The van der Waals surface area contributed by atoms with Gasteiger partial charge in [-0.05, 0) is 41.6 Å². The van der Waals surface area contributed by atoms with Crippen LogP contribution in [0.15, 0.2) is 76.0 Å². The van der Waals surface area contributed by atoms with E-state index in [1.807, 2.05) is 47.8 Å². The molecule has 9 heteroatoms. The summed E-state index contributed by atoms with van der Waals surface area (Å²) in [6.45, 7) is 1.43. The Morgan fingerprint density at radius 2 is 1.94 bits per heavy atom. The fraction of sp³-hybridized carbons (Fsp3) is 0.182. The van der Waals surface area contributed by atoms with E-state index >= 15 is 0 Å². The Morgan fingerprint density at radius 3 is 2.61 bits per heavy atom. The maximum absolute atomic E-state index is 13.5. The number of benzene rings is 2. The Morgan fingerprint density at radius 1 is 1.16 bits per heavy atom. The average molecular weight is 458 g/mol. The molecule has 1 amide bonds. The smallest absolute Gasteiger partial charge is 0.255 e. The summed E-state index contributed by atoms with van der Waals surface area (Å²) in [5, 5.41) is 5.81. The van der Waals surface area contributed by atoms with Crippen LogP contribution >= 0.6 is 11.3 Å². The van der Waals surface area contributed by atoms with Gasteiger partial charge in [-0.15, -0.1) is 11.3 Å². The monoisotopic (exact) mass is 457 g/mol. The number of amides is 1. The molecule has 2 aromatic carbocycles. The number of hydrogen-bond donors (Lipinski definition) is 1. The molecule has 0 spiro atoms. The summed E-state index contributed by atoms with van der Waals surface area (Å²) in [5.41, 5.74) is 3.93. The van der Waals surface area contributed by atoms with Crippen LogP contribution in [0, 0.1) is 6.92 Å². The molecule has 0 atom stereocenters. The van der Waals surface area contributed by atoms with Gasteiger partial charge in [0.05, 0.1) is 19.9 Å². The predicted octanol–water partition coefficient (Wildman–Crippen LogP) is 3.41. The molecule has 1 aromatic heterocycles. The van der Waals surface area contributed by atoms with Crippen molar-refractivity contribution >= 4 is 33.5 Å². The number of nitrogens with zero attached hydrogens (tertiary/aromatic N) is 2. The Labute approximate surface area is 186 Å². The number of rotatable bonds is 9. The lowest BCUT2D eigenvalue weighted by Gasteiger charge is -2.23. The number of methoxy groups -OCH3 is 1. The molecule has 0 aliphatic heterocycles. The molecule has 1 N–H and O–H groups in total. The third-order valence-electron chi connectivity index (χ3n) is 4.38. The van der Waals surface area contributed by atoms with E-state index in [-0.39, 0.29) is 17.2 Å². The highest BCUT2D eigenvalue weighted by Crippen LogP contribution is 2.28. The summed E-state index contributed by atoms with van der Waals surface area (Å²) in [4.78, 5) is 13.4. The topological polar surface area (TPSA) is 88.1 Å². The number of carbonyl (C=O) groups excluding carboxylic acids is 1. The molecule has 0 aliphatic carbocycles. The standard InChI is InChI=1S/C22H23N3O4S2/c1-17-10-11-20(29-2)21(13-17)31(27,28)25(15-18-7-4-3-5-8-18)16-22(26)24-23-14-19-9-6-12-30-19/h3-14H,15-16H2,1-2H3,(H,24,26). The SMILES string of the molecule is COc1ccc(C)cc1S(=O)(=O)N(CC(=O)NN=Cc1cccs1)Cc1ccccc1. The van der Waals surface area contributed by atoms with E-state index in [1.54, 1.807) is 25.1 Å². The summed E-state index contributed by atoms with van der Waals surface area (Å²) < 4.78 is 33.4. The molecule has 0 fully saturated rings. The first-order valence-electron chi connectivity index (χ1n) is 9.44. The van der Waals surface area contributed by atoms with Crippen molar-refractivity contribution in [2.45, 2.75) is 18.4 Å². The lowest BCUT2D eigenvalue weighted by Crippen LogP contribution is -2.39. The van der Waals surface area contributed by atoms with E-state index in [1.165, 1.54) is 24.7 Å². The summed E-state index contributed by atoms with van der Waals surface area (Å²) in [6, 6.07) is 17.7. The number of aryl methyl sites for hydroxylation is 1. The summed E-state index contributed by atoms with van der Waals surface area (Å²) in [5.74, 6) is -0.321. The first-order valence-corrected chi connectivity index (χ1v) is 11.8. The highest BCUT2D eigenvalue weighted by Gasteiger charge is 2.30. The number of thiophene rings is 1. The van der Waals surface area contributed by atoms with Crippen molar-refractivity contribution < 1.29 is 17.9 Å². The van der Waals surface area contributed by atoms with Gasteiger partial charge >= 0.3 is 0 Å². The first-order chi connectivity index (χ1) is 14.9. The van der Waals surface area contributed by atoms with E-state index in [2.05, 4.69) is 10.5 Å². The fourth-order valence-corrected chi connectivity index (χ4v) is 5.08. The zero-order chi connectivity index (χ0) is 22.3. The minimum atomic E-state index is -4.03. The van der Waals surface area contributed by atoms with E-state index < -0.39 is 22.5 Å². The van der Waals surface area contributed by atoms with E-state index in [9.17, 15) is 13.2 Å². The highest BCUT2D eigenvalue weighted by atomic mass is 32.2. The molecule has 3 aromatic rings. The molecule has 0 radical (unpaired) electrons. The molecule has 3 rings (SSSR count). The number of carbonyl (C=O) groups is 1. The van der Waals surface area contributed by atoms with Crippen LogP contribution in [0.25, 0.3) is 0 Å². The zero-order valence-corrected chi connectivity index (χ0v) is 18.8. The van der Waals surface area contributed by atoms with Crippen LogP contribution in [0.4, 0.5) is 0 Å². The normalized spacial score (nSPS) is 11.7. The summed E-state index contributed by atoms with van der Waals surface area (Å²) in [7, 11) is -2.62. The molecule has 0 saturated carbocycles. The van der Waals surface area contributed by atoms with Crippen LogP contribution in [0.1, 0.15) is 16.0 Å². The van der Waals surface area contributed by atoms with Crippen molar-refractivity contribution in [1.82, 2.24) is 9.73 Å². The Hall–Kier alpha value is -3.01. The van der Waals surface area contributed by atoms with Crippen molar-refractivity contribution in [2.24, 2.45) is 5.10 Å². The van der Waals surface area contributed by atoms with E-state index in [0.717, 1.165) is 20.3 Å². The number of hydrogen-bond acceptors (Lipinski definition) is 6. The van der Waals surface area contributed by atoms with Gasteiger partial charge in [-0.2, -0.15) is 9.41 Å². The van der Waals surface area contributed by atoms with Gasteiger partial charge in [0, 0.05) is 11.4 Å². The van der Waals surface area contributed by atoms with E-state index in [4.69, 9.17) is 4.74 Å². The van der Waals surface area contributed by atoms with Crippen molar-refractivity contribution in [3.05, 3.63) is 82.0 Å². The van der Waals surface area contributed by atoms with Crippen molar-refractivity contribution in [2.75, 3.05) is 13.7 Å². The van der Waals surface area contributed by atoms with Crippen molar-refractivity contribution in [3.8, 4) is 5.75 Å². The molecule has 1 heterocycles. The van der Waals surface area contributed by atoms with Gasteiger partial charge < -0.3 is 4.74 Å². The molecule has 31 heavy (non-hydrogen) atoms. The average Bonchev–Trinajstić information content (AvgIpc) is 3.27. The largest absolute Gasteiger partial charge is 0.495 e. The van der Waals surface area contributed by atoms with Crippen molar-refractivity contribution in [3.63, 3.8) is 0 Å². The van der Waals surface area contributed by atoms with Gasteiger partial charge in [0.2, 0.25) is 10.0 Å². The molecule has 162 valence electrons. The summed E-state index contributed by atoms with van der Waals surface area (Å²) in [6.07, 6.45) is 1.52. The van der Waals surface area contributed by atoms with Crippen LogP contribution in [-0.2, 0) is 21.4 Å². The lowest BCUT2D eigenvalue weighted by molar-refractivity contribution is -0.121. The maximum atomic E-state index is 13.5. The quantitative estimate of drug-likeness (QED) is 0.394. The number of ether oxygens (including phenoxy) is 1. The van der Waals surface area contributed by atoms with Gasteiger partial charge in [-0.3, -0.25) is 4.79 Å². The van der Waals surface area contributed by atoms with Gasteiger partial charge in [0.1, 0.15) is 10.6 Å². The van der Waals surface area contributed by atoms with Gasteiger partial charge in [0.15, 0.2) is 0 Å². The zero-order valence-electron chi connectivity index (χ0n) is 17.2. The molecule has 0 saturated heterocycles. The van der Waals surface area contributed by atoms with Crippen LogP contribution in [0.3, 0.4) is 0 Å². The third-order valence-corrected chi connectivity index (χ3v) is 7.00. The molecule has 0 unspecified atom stereocenters. The minimum Gasteiger partial charge on any atom is -0.495 e. The molecule has 0 aliphatic rings. The van der Waals surface area contributed by atoms with Crippen LogP contribution in [-0.4, -0.2) is 38.5 Å². The predicted molar refractivity (Wildman–Crippen MR) is 122 cm³/mol. The Kier molecular flexibility index (Phi) is 7.56. The molecule has 7 nitrogen and oxygen atoms in total. The number of sulfonamides is 1. The Bertz CT molecular complexity index is 1140. The second kappa shape index (κ2) is 10.3. The van der Waals surface area contributed by atoms with Gasteiger partial charge in [-0.25, -0.2) is 13.8 Å². The van der Waals surface area contributed by atoms with Crippen molar-refractivity contribution in [1.29, 1.82) is 0 Å². The van der Waals surface area contributed by atoms with Crippen LogP contribution < -0.4 is 10.2 Å². The lowest BCUT2D eigenvalue weighted by atomic mass is 10.2. The van der Waals surface area contributed by atoms with Gasteiger partial charge in [-0.1, -0.05) is 42.5 Å². The minimum absolute atomic E-state index is 0.0146. The third kappa shape index (κ3) is 6.00.